The quantitative estimate of drug-likeness (QED) is 0.391. The summed E-state index contributed by atoms with van der Waals surface area (Å²) >= 11 is 0. The van der Waals surface area contributed by atoms with Crippen LogP contribution in [0.5, 0.6) is 0 Å². The number of ether oxygens (including phenoxy) is 2. The Kier molecular flexibility index (Phi) is 9.05. The lowest BCUT2D eigenvalue weighted by Crippen LogP contribution is -2.45. The molecule has 0 aliphatic carbocycles. The summed E-state index contributed by atoms with van der Waals surface area (Å²) in [5.41, 5.74) is 4.08. The van der Waals surface area contributed by atoms with Crippen LogP contribution in [0.2, 0.25) is 0 Å². The molecule has 9 heteroatoms. The number of hydrogen-bond donors (Lipinski definition) is 2. The molecule has 196 valence electrons. The summed E-state index contributed by atoms with van der Waals surface area (Å²) in [6.45, 7) is 10.5. The molecule has 0 amide bonds. The van der Waals surface area contributed by atoms with E-state index in [4.69, 9.17) is 14.5 Å². The third-order valence-corrected chi connectivity index (χ3v) is 6.04. The molecule has 0 saturated carbocycles. The number of esters is 1. The molecule has 3 rings (SSSR count). The Labute approximate surface area is 212 Å². The number of imidazole rings is 1. The highest BCUT2D eigenvalue weighted by Gasteiger charge is 2.25. The second-order valence-electron chi connectivity index (χ2n) is 9.88. The van der Waals surface area contributed by atoms with Crippen molar-refractivity contribution in [1.29, 1.82) is 0 Å². The fourth-order valence-corrected chi connectivity index (χ4v) is 4.24. The Morgan fingerprint density at radius 1 is 1.17 bits per heavy atom. The van der Waals surface area contributed by atoms with E-state index < -0.39 is 18.1 Å². The van der Waals surface area contributed by atoms with Crippen molar-refractivity contribution in [2.45, 2.75) is 59.4 Å². The van der Waals surface area contributed by atoms with Gasteiger partial charge in [-0.25, -0.2) is 4.98 Å². The molecule has 2 N–H and O–H groups in total. The van der Waals surface area contributed by atoms with Gasteiger partial charge in [-0.2, -0.15) is 0 Å². The van der Waals surface area contributed by atoms with E-state index in [-0.39, 0.29) is 17.5 Å². The van der Waals surface area contributed by atoms with E-state index in [1.807, 2.05) is 38.1 Å². The van der Waals surface area contributed by atoms with Crippen LogP contribution in [0.25, 0.3) is 22.4 Å². The van der Waals surface area contributed by atoms with Crippen LogP contribution >= 0.6 is 0 Å². The molecule has 3 atom stereocenters. The van der Waals surface area contributed by atoms with Gasteiger partial charge in [-0.15, -0.1) is 0 Å². The van der Waals surface area contributed by atoms with E-state index in [0.29, 0.717) is 25.3 Å². The van der Waals surface area contributed by atoms with Crippen LogP contribution in [0.3, 0.4) is 0 Å². The molecule has 0 aliphatic heterocycles. The van der Waals surface area contributed by atoms with Gasteiger partial charge in [-0.1, -0.05) is 19.9 Å². The molecular formula is C27H38N4O5. The van der Waals surface area contributed by atoms with Gasteiger partial charge < -0.3 is 23.7 Å². The summed E-state index contributed by atoms with van der Waals surface area (Å²) < 4.78 is 14.4. The van der Waals surface area contributed by atoms with Gasteiger partial charge in [0.2, 0.25) is 0 Å². The fraction of sp³-hybridized carbons (Fsp3) is 0.519. The van der Waals surface area contributed by atoms with Crippen LogP contribution in [0.4, 0.5) is 0 Å². The van der Waals surface area contributed by atoms with Crippen molar-refractivity contribution < 1.29 is 19.4 Å². The largest absolute Gasteiger partial charge is 0.464 e. The minimum absolute atomic E-state index is 0.00635. The first kappa shape index (κ1) is 27.6. The second-order valence-corrected chi connectivity index (χ2v) is 9.88. The molecule has 3 aromatic rings. The smallest absolute Gasteiger partial charge is 0.325 e. The third-order valence-electron chi connectivity index (χ3n) is 6.04. The minimum Gasteiger partial charge on any atom is -0.464 e. The number of carbonyl (C=O) groups is 1. The number of aromatic nitrogens is 3. The van der Waals surface area contributed by atoms with Gasteiger partial charge in [0.15, 0.2) is 0 Å². The maximum absolute atomic E-state index is 12.4. The van der Waals surface area contributed by atoms with Crippen molar-refractivity contribution in [2.75, 3.05) is 20.3 Å². The normalized spacial score (nSPS) is 14.2. The highest BCUT2D eigenvalue weighted by molar-refractivity contribution is 5.81. The minimum atomic E-state index is -0.901. The molecule has 0 radical (unpaired) electrons. The van der Waals surface area contributed by atoms with Crippen LogP contribution in [-0.4, -0.2) is 57.7 Å². The molecule has 0 fully saturated rings. The molecule has 2 heterocycles. The van der Waals surface area contributed by atoms with E-state index in [1.54, 1.807) is 38.8 Å². The number of aliphatic hydroxyl groups is 1. The zero-order chi connectivity index (χ0) is 26.6. The number of rotatable bonds is 11. The second kappa shape index (κ2) is 11.8. The third kappa shape index (κ3) is 6.21. The van der Waals surface area contributed by atoms with Crippen molar-refractivity contribution in [3.05, 3.63) is 51.9 Å². The van der Waals surface area contributed by atoms with E-state index in [9.17, 15) is 14.7 Å². The molecule has 36 heavy (non-hydrogen) atoms. The molecule has 2 aromatic heterocycles. The number of aryl methyl sites for hydroxylation is 2. The molecule has 0 unspecified atom stereocenters. The molecule has 0 saturated heterocycles. The lowest BCUT2D eigenvalue weighted by Gasteiger charge is -2.21. The average Bonchev–Trinajstić information content (AvgIpc) is 3.20. The summed E-state index contributed by atoms with van der Waals surface area (Å²) in [6, 6.07) is 6.97. The number of fused-ring (bicyclic) bond motifs is 1. The van der Waals surface area contributed by atoms with E-state index in [1.165, 1.54) is 0 Å². The molecular weight excluding hydrogens is 460 g/mol. The SMILES string of the molecule is COC[C@@H](C)n1c(-c2cc(C)c(=O)n(C)c2)nc2cc(CN[C@H](C(=O)OCC(C)C)[C@@H](C)O)ccc21. The lowest BCUT2D eigenvalue weighted by atomic mass is 10.1. The maximum atomic E-state index is 12.4. The molecule has 0 aliphatic rings. The number of carbonyl (C=O) groups excluding carboxylic acids is 1. The van der Waals surface area contributed by atoms with Crippen molar-refractivity contribution in [1.82, 2.24) is 19.4 Å². The van der Waals surface area contributed by atoms with Crippen LogP contribution in [-0.2, 0) is 27.9 Å². The molecule has 1 aromatic carbocycles. The van der Waals surface area contributed by atoms with Crippen molar-refractivity contribution in [3.63, 3.8) is 0 Å². The summed E-state index contributed by atoms with van der Waals surface area (Å²) in [6.07, 6.45) is 0.896. The number of hydrogen-bond acceptors (Lipinski definition) is 7. The first-order valence-electron chi connectivity index (χ1n) is 12.3. The Balaban J connectivity index is 1.95. The summed E-state index contributed by atoms with van der Waals surface area (Å²) in [5, 5.41) is 13.2. The van der Waals surface area contributed by atoms with Crippen LogP contribution in [0.1, 0.15) is 44.9 Å². The summed E-state index contributed by atoms with van der Waals surface area (Å²) in [5.74, 6) is 0.494. The van der Waals surface area contributed by atoms with Crippen LogP contribution in [0.15, 0.2) is 35.3 Å². The number of benzene rings is 1. The monoisotopic (exact) mass is 498 g/mol. The van der Waals surface area contributed by atoms with Gasteiger partial charge in [-0.3, -0.25) is 14.9 Å². The predicted molar refractivity (Wildman–Crippen MR) is 140 cm³/mol. The highest BCUT2D eigenvalue weighted by atomic mass is 16.5. The van der Waals surface area contributed by atoms with Crippen LogP contribution in [0, 0.1) is 12.8 Å². The van der Waals surface area contributed by atoms with Gasteiger partial charge in [0, 0.05) is 38.0 Å². The Morgan fingerprint density at radius 3 is 2.50 bits per heavy atom. The number of nitrogens with zero attached hydrogens (tertiary/aromatic N) is 3. The average molecular weight is 499 g/mol. The molecule has 9 nitrogen and oxygen atoms in total. The number of nitrogens with one attached hydrogen (secondary N) is 1. The van der Waals surface area contributed by atoms with Gasteiger partial charge >= 0.3 is 5.97 Å². The standard InChI is InChI=1S/C27H38N4O5/c1-16(2)14-36-27(34)24(19(5)32)28-12-20-8-9-23-22(11-20)29-25(31(23)18(4)15-35-7)21-10-17(3)26(33)30(6)13-21/h8-11,13,16,18-19,24,28,32H,12,14-15H2,1-7H3/t18-,19-,24+/m1/s1. The van der Waals surface area contributed by atoms with Gasteiger partial charge in [-0.05, 0) is 50.5 Å². The number of aliphatic hydroxyl groups excluding tert-OH is 1. The van der Waals surface area contributed by atoms with Crippen molar-refractivity contribution in [2.24, 2.45) is 13.0 Å². The first-order chi connectivity index (χ1) is 17.0. The number of pyridine rings is 1. The topological polar surface area (TPSA) is 108 Å². The van der Waals surface area contributed by atoms with Gasteiger partial charge in [0.05, 0.1) is 36.4 Å². The zero-order valence-electron chi connectivity index (χ0n) is 22.2. The summed E-state index contributed by atoms with van der Waals surface area (Å²) in [7, 11) is 3.40. The van der Waals surface area contributed by atoms with Crippen LogP contribution < -0.4 is 10.9 Å². The van der Waals surface area contributed by atoms with E-state index in [0.717, 1.165) is 28.0 Å². The number of methoxy groups -OCH3 is 1. The Bertz CT molecular complexity index is 1230. The highest BCUT2D eigenvalue weighted by Crippen LogP contribution is 2.29. The Morgan fingerprint density at radius 2 is 1.89 bits per heavy atom. The molecule has 0 bridgehead atoms. The lowest BCUT2D eigenvalue weighted by molar-refractivity contribution is -0.150. The zero-order valence-corrected chi connectivity index (χ0v) is 22.2. The van der Waals surface area contributed by atoms with Crippen molar-refractivity contribution in [3.8, 4) is 11.4 Å². The van der Waals surface area contributed by atoms with E-state index >= 15 is 0 Å². The fourth-order valence-electron chi connectivity index (χ4n) is 4.24. The first-order valence-corrected chi connectivity index (χ1v) is 12.3. The van der Waals surface area contributed by atoms with E-state index in [2.05, 4.69) is 16.8 Å². The molecule has 0 spiro atoms. The van der Waals surface area contributed by atoms with Gasteiger partial charge in [0.1, 0.15) is 11.9 Å². The Hall–Kier alpha value is -3.01. The summed E-state index contributed by atoms with van der Waals surface area (Å²) in [4.78, 5) is 29.6. The van der Waals surface area contributed by atoms with Crippen molar-refractivity contribution >= 4 is 17.0 Å². The van der Waals surface area contributed by atoms with Gasteiger partial charge in [0.25, 0.3) is 5.56 Å². The maximum Gasteiger partial charge on any atom is 0.325 e. The predicted octanol–water partition coefficient (Wildman–Crippen LogP) is 2.96.